The number of rotatable bonds is 7. The van der Waals surface area contributed by atoms with Crippen molar-refractivity contribution >= 4 is 17.5 Å². The zero-order valence-corrected chi connectivity index (χ0v) is 15.2. The first-order chi connectivity index (χ1) is 12.1. The lowest BCUT2D eigenvalue weighted by atomic mass is 9.95. The van der Waals surface area contributed by atoms with Crippen LogP contribution < -0.4 is 14.8 Å². The van der Waals surface area contributed by atoms with Crippen molar-refractivity contribution in [2.75, 3.05) is 20.8 Å². The van der Waals surface area contributed by atoms with Crippen molar-refractivity contribution < 1.29 is 14.3 Å². The van der Waals surface area contributed by atoms with Crippen LogP contribution in [0.5, 0.6) is 11.5 Å². The van der Waals surface area contributed by atoms with E-state index >= 15 is 0 Å². The van der Waals surface area contributed by atoms with Gasteiger partial charge in [0.05, 0.1) is 20.6 Å². The van der Waals surface area contributed by atoms with Gasteiger partial charge in [-0.15, -0.1) is 0 Å². The molecule has 1 aliphatic carbocycles. The number of hydrogen-bond donors (Lipinski definition) is 1. The first-order valence-corrected chi connectivity index (χ1v) is 8.68. The van der Waals surface area contributed by atoms with Crippen molar-refractivity contribution in [1.29, 1.82) is 0 Å². The maximum absolute atomic E-state index is 12.2. The lowest BCUT2D eigenvalue weighted by Gasteiger charge is -2.18. The second kappa shape index (κ2) is 7.36. The van der Waals surface area contributed by atoms with Crippen LogP contribution in [0.3, 0.4) is 0 Å². The van der Waals surface area contributed by atoms with Gasteiger partial charge >= 0.3 is 0 Å². The zero-order chi connectivity index (χ0) is 17.9. The summed E-state index contributed by atoms with van der Waals surface area (Å²) in [7, 11) is 3.26. The molecule has 5 heteroatoms. The van der Waals surface area contributed by atoms with Gasteiger partial charge in [0.15, 0.2) is 11.5 Å². The molecule has 0 aromatic heterocycles. The second-order valence-corrected chi connectivity index (χ2v) is 6.87. The number of nitrogens with one attached hydrogen (secondary N) is 1. The molecule has 1 fully saturated rings. The summed E-state index contributed by atoms with van der Waals surface area (Å²) in [4.78, 5) is 12.2. The summed E-state index contributed by atoms with van der Waals surface area (Å²) in [6, 6.07) is 13.3. The van der Waals surface area contributed by atoms with Gasteiger partial charge in [0.1, 0.15) is 0 Å². The molecule has 132 valence electrons. The van der Waals surface area contributed by atoms with Crippen LogP contribution in [0.25, 0.3) is 0 Å². The highest BCUT2D eigenvalue weighted by molar-refractivity contribution is 6.30. The Kier molecular flexibility index (Phi) is 5.19. The fraction of sp³-hybridized carbons (Fsp3) is 0.350. The zero-order valence-electron chi connectivity index (χ0n) is 14.5. The average molecular weight is 360 g/mol. The topological polar surface area (TPSA) is 47.6 Å². The van der Waals surface area contributed by atoms with Crippen LogP contribution in [0.1, 0.15) is 24.0 Å². The largest absolute Gasteiger partial charge is 0.493 e. The van der Waals surface area contributed by atoms with Gasteiger partial charge in [-0.3, -0.25) is 4.79 Å². The Morgan fingerprint density at radius 2 is 1.76 bits per heavy atom. The van der Waals surface area contributed by atoms with Crippen LogP contribution in [0.15, 0.2) is 42.5 Å². The molecule has 1 amide bonds. The van der Waals surface area contributed by atoms with Crippen LogP contribution in [-0.4, -0.2) is 26.7 Å². The molecule has 0 unspecified atom stereocenters. The Morgan fingerprint density at radius 1 is 1.08 bits per heavy atom. The van der Waals surface area contributed by atoms with E-state index in [4.69, 9.17) is 21.1 Å². The predicted octanol–water partition coefficient (Wildman–Crippen LogP) is 3.75. The quantitative estimate of drug-likeness (QED) is 0.819. The third kappa shape index (κ3) is 4.07. The number of methoxy groups -OCH3 is 2. The van der Waals surface area contributed by atoms with Gasteiger partial charge in [0.25, 0.3) is 0 Å². The Bertz CT molecular complexity index is 754. The smallest absolute Gasteiger partial charge is 0.224 e. The Balaban J connectivity index is 1.62. The minimum absolute atomic E-state index is 0.00913. The molecule has 0 spiro atoms. The minimum Gasteiger partial charge on any atom is -0.493 e. The van der Waals surface area contributed by atoms with Gasteiger partial charge in [0.2, 0.25) is 5.91 Å². The van der Waals surface area contributed by atoms with E-state index in [1.165, 1.54) is 5.56 Å². The first kappa shape index (κ1) is 17.6. The summed E-state index contributed by atoms with van der Waals surface area (Å²) < 4.78 is 10.7. The molecule has 0 saturated heterocycles. The SMILES string of the molecule is COc1ccc(C2(CNC(=O)Cc3ccc(Cl)cc3)CC2)cc1OC. The summed E-state index contributed by atoms with van der Waals surface area (Å²) in [6.45, 7) is 0.634. The molecule has 0 heterocycles. The monoisotopic (exact) mass is 359 g/mol. The highest BCUT2D eigenvalue weighted by Crippen LogP contribution is 2.49. The van der Waals surface area contributed by atoms with Crippen LogP contribution in [-0.2, 0) is 16.6 Å². The van der Waals surface area contributed by atoms with Gasteiger partial charge < -0.3 is 14.8 Å². The fourth-order valence-corrected chi connectivity index (χ4v) is 3.13. The fourth-order valence-electron chi connectivity index (χ4n) is 3.00. The van der Waals surface area contributed by atoms with E-state index in [-0.39, 0.29) is 11.3 Å². The number of benzene rings is 2. The normalized spacial score (nSPS) is 14.7. The molecular formula is C20H22ClNO3. The number of hydrogen-bond acceptors (Lipinski definition) is 3. The van der Waals surface area contributed by atoms with Gasteiger partial charge in [-0.1, -0.05) is 29.8 Å². The summed E-state index contributed by atoms with van der Waals surface area (Å²) >= 11 is 5.87. The van der Waals surface area contributed by atoms with E-state index in [0.717, 1.165) is 24.2 Å². The highest BCUT2D eigenvalue weighted by atomic mass is 35.5. The lowest BCUT2D eigenvalue weighted by Crippen LogP contribution is -2.33. The number of ether oxygens (including phenoxy) is 2. The van der Waals surface area contributed by atoms with Gasteiger partial charge in [-0.2, -0.15) is 0 Å². The van der Waals surface area contributed by atoms with Crippen molar-refractivity contribution in [2.24, 2.45) is 0 Å². The molecular weight excluding hydrogens is 338 g/mol. The van der Waals surface area contributed by atoms with Crippen molar-refractivity contribution in [2.45, 2.75) is 24.7 Å². The van der Waals surface area contributed by atoms with Crippen molar-refractivity contribution in [1.82, 2.24) is 5.32 Å². The Morgan fingerprint density at radius 3 is 2.36 bits per heavy atom. The van der Waals surface area contributed by atoms with Gasteiger partial charge in [-0.05, 0) is 48.2 Å². The number of halogens is 1. The van der Waals surface area contributed by atoms with E-state index < -0.39 is 0 Å². The van der Waals surface area contributed by atoms with Crippen LogP contribution in [0, 0.1) is 0 Å². The molecule has 2 aromatic carbocycles. The van der Waals surface area contributed by atoms with E-state index in [1.54, 1.807) is 26.4 Å². The first-order valence-electron chi connectivity index (χ1n) is 8.30. The van der Waals surface area contributed by atoms with Gasteiger partial charge in [-0.25, -0.2) is 0 Å². The Labute approximate surface area is 153 Å². The predicted molar refractivity (Wildman–Crippen MR) is 98.6 cm³/mol. The molecule has 1 aliphatic rings. The summed E-state index contributed by atoms with van der Waals surface area (Å²) in [5, 5.41) is 3.74. The van der Waals surface area contributed by atoms with E-state index in [1.807, 2.05) is 24.3 Å². The maximum atomic E-state index is 12.2. The van der Waals surface area contributed by atoms with E-state index in [2.05, 4.69) is 11.4 Å². The Hall–Kier alpha value is -2.20. The maximum Gasteiger partial charge on any atom is 0.224 e. The molecule has 0 bridgehead atoms. The molecule has 1 N–H and O–H groups in total. The van der Waals surface area contributed by atoms with Crippen LogP contribution >= 0.6 is 11.6 Å². The molecule has 0 radical (unpaired) electrons. The molecule has 25 heavy (non-hydrogen) atoms. The molecule has 1 saturated carbocycles. The highest BCUT2D eigenvalue weighted by Gasteiger charge is 2.44. The standard InChI is InChI=1S/C20H22ClNO3/c1-24-17-8-5-15(12-18(17)25-2)20(9-10-20)13-22-19(23)11-14-3-6-16(21)7-4-14/h3-8,12H,9-11,13H2,1-2H3,(H,22,23). The molecule has 4 nitrogen and oxygen atoms in total. The van der Waals surface area contributed by atoms with E-state index in [9.17, 15) is 4.79 Å². The number of amides is 1. The molecule has 0 atom stereocenters. The average Bonchev–Trinajstić information content (AvgIpc) is 3.42. The van der Waals surface area contributed by atoms with Crippen LogP contribution in [0.2, 0.25) is 5.02 Å². The van der Waals surface area contributed by atoms with Crippen molar-refractivity contribution in [3.8, 4) is 11.5 Å². The van der Waals surface area contributed by atoms with Crippen molar-refractivity contribution in [3.05, 3.63) is 58.6 Å². The number of carbonyl (C=O) groups is 1. The van der Waals surface area contributed by atoms with Crippen molar-refractivity contribution in [3.63, 3.8) is 0 Å². The summed E-state index contributed by atoms with van der Waals surface area (Å²) in [5.41, 5.74) is 2.14. The molecule has 2 aromatic rings. The van der Waals surface area contributed by atoms with Crippen LogP contribution in [0.4, 0.5) is 0 Å². The number of carbonyl (C=O) groups excluding carboxylic acids is 1. The molecule has 0 aliphatic heterocycles. The minimum atomic E-state index is 0.00913. The lowest BCUT2D eigenvalue weighted by molar-refractivity contribution is -0.120. The van der Waals surface area contributed by atoms with E-state index in [0.29, 0.717) is 23.7 Å². The third-order valence-corrected chi connectivity index (χ3v) is 5.00. The summed E-state index contributed by atoms with van der Waals surface area (Å²) in [5.74, 6) is 1.46. The third-order valence-electron chi connectivity index (χ3n) is 4.75. The second-order valence-electron chi connectivity index (χ2n) is 6.43. The molecule has 3 rings (SSSR count). The summed E-state index contributed by atoms with van der Waals surface area (Å²) in [6.07, 6.45) is 2.48. The van der Waals surface area contributed by atoms with Gasteiger partial charge in [0, 0.05) is 17.0 Å².